The van der Waals surface area contributed by atoms with Gasteiger partial charge in [-0.1, -0.05) is 18.2 Å². The van der Waals surface area contributed by atoms with Crippen LogP contribution in [0.3, 0.4) is 0 Å². The third kappa shape index (κ3) is 3.68. The van der Waals surface area contributed by atoms with Crippen molar-refractivity contribution in [2.45, 2.75) is 26.4 Å². The quantitative estimate of drug-likeness (QED) is 0.630. The molecule has 0 saturated heterocycles. The van der Waals surface area contributed by atoms with Gasteiger partial charge in [-0.3, -0.25) is 14.4 Å². The zero-order chi connectivity index (χ0) is 18.0. The van der Waals surface area contributed by atoms with Gasteiger partial charge in [0.05, 0.1) is 6.42 Å². The molecule has 1 unspecified atom stereocenters. The second kappa shape index (κ2) is 6.76. The molecule has 25 heavy (non-hydrogen) atoms. The van der Waals surface area contributed by atoms with Crippen LogP contribution in [0.1, 0.15) is 42.3 Å². The van der Waals surface area contributed by atoms with Crippen molar-refractivity contribution in [2.75, 3.05) is 0 Å². The van der Waals surface area contributed by atoms with Crippen molar-refractivity contribution < 1.29 is 28.6 Å². The molecule has 0 spiro atoms. The van der Waals surface area contributed by atoms with E-state index >= 15 is 0 Å². The maximum atomic E-state index is 12.5. The Morgan fingerprint density at radius 2 is 1.68 bits per heavy atom. The predicted molar refractivity (Wildman–Crippen MR) is 87.8 cm³/mol. The van der Waals surface area contributed by atoms with Crippen LogP contribution in [0.2, 0.25) is 0 Å². The van der Waals surface area contributed by atoms with E-state index in [2.05, 4.69) is 0 Å². The van der Waals surface area contributed by atoms with Gasteiger partial charge in [0.1, 0.15) is 28.9 Å². The maximum Gasteiger partial charge on any atom is 0.308 e. The molecule has 0 saturated carbocycles. The number of rotatable bonds is 3. The fourth-order valence-corrected chi connectivity index (χ4v) is 2.69. The number of Topliss-reactive ketones (excluding diaryl/α,β-unsaturated/α-hetero) is 1. The lowest BCUT2D eigenvalue weighted by molar-refractivity contribution is -0.132. The molecular weight excluding hydrogens is 324 g/mol. The molecule has 0 aliphatic carbocycles. The molecular formula is C19H16O6. The first-order valence-corrected chi connectivity index (χ1v) is 7.73. The van der Waals surface area contributed by atoms with E-state index in [0.29, 0.717) is 11.5 Å². The van der Waals surface area contributed by atoms with Crippen LogP contribution in [0.5, 0.6) is 17.2 Å². The number of fused-ring (bicyclic) bond motifs is 1. The van der Waals surface area contributed by atoms with E-state index in [4.69, 9.17) is 14.2 Å². The normalized spacial score (nSPS) is 15.8. The Morgan fingerprint density at radius 3 is 2.32 bits per heavy atom. The minimum absolute atomic E-state index is 0.123. The maximum absolute atomic E-state index is 12.5. The van der Waals surface area contributed by atoms with E-state index < -0.39 is 18.0 Å². The monoisotopic (exact) mass is 340 g/mol. The standard InChI is InChI=1S/C19H16O6/c1-11(20)23-14-8-6-13(7-9-14)18-10-15(22)19-16(24-12(2)21)4-3-5-17(19)25-18/h3-9,18H,10H2,1-2H3. The molecule has 1 aliphatic rings. The Morgan fingerprint density at radius 1 is 1.00 bits per heavy atom. The number of hydrogen-bond acceptors (Lipinski definition) is 6. The van der Waals surface area contributed by atoms with Crippen LogP contribution in [-0.4, -0.2) is 17.7 Å². The molecule has 0 bridgehead atoms. The van der Waals surface area contributed by atoms with E-state index in [-0.39, 0.29) is 23.5 Å². The number of carbonyl (C=O) groups excluding carboxylic acids is 3. The van der Waals surface area contributed by atoms with Crippen LogP contribution in [-0.2, 0) is 9.59 Å². The highest BCUT2D eigenvalue weighted by Crippen LogP contribution is 2.39. The summed E-state index contributed by atoms with van der Waals surface area (Å²) in [5, 5.41) is 0. The minimum atomic E-state index is -0.496. The van der Waals surface area contributed by atoms with Gasteiger partial charge < -0.3 is 14.2 Å². The summed E-state index contributed by atoms with van der Waals surface area (Å²) < 4.78 is 16.0. The van der Waals surface area contributed by atoms with E-state index in [9.17, 15) is 14.4 Å². The average molecular weight is 340 g/mol. The van der Waals surface area contributed by atoms with Gasteiger partial charge in [0.2, 0.25) is 0 Å². The third-order valence-corrected chi connectivity index (χ3v) is 3.67. The predicted octanol–water partition coefficient (Wildman–Crippen LogP) is 3.24. The summed E-state index contributed by atoms with van der Waals surface area (Å²) in [5.41, 5.74) is 1.07. The zero-order valence-corrected chi connectivity index (χ0v) is 13.8. The van der Waals surface area contributed by atoms with Gasteiger partial charge in [-0.15, -0.1) is 0 Å². The molecule has 1 heterocycles. The van der Waals surface area contributed by atoms with Crippen molar-refractivity contribution in [3.63, 3.8) is 0 Å². The molecule has 2 aromatic rings. The topological polar surface area (TPSA) is 78.9 Å². The highest BCUT2D eigenvalue weighted by atomic mass is 16.5. The average Bonchev–Trinajstić information content (AvgIpc) is 2.54. The van der Waals surface area contributed by atoms with Crippen LogP contribution in [0.4, 0.5) is 0 Å². The van der Waals surface area contributed by atoms with Crippen LogP contribution in [0.25, 0.3) is 0 Å². The van der Waals surface area contributed by atoms with E-state index in [1.165, 1.54) is 13.8 Å². The summed E-state index contributed by atoms with van der Waals surface area (Å²) in [7, 11) is 0. The van der Waals surface area contributed by atoms with Gasteiger partial charge in [-0.05, 0) is 29.8 Å². The summed E-state index contributed by atoms with van der Waals surface area (Å²) >= 11 is 0. The summed E-state index contributed by atoms with van der Waals surface area (Å²) in [6.07, 6.45) is -0.336. The Bertz CT molecular complexity index is 837. The number of ether oxygens (including phenoxy) is 3. The molecule has 0 radical (unpaired) electrons. The second-order valence-electron chi connectivity index (χ2n) is 5.62. The molecule has 6 heteroatoms. The first-order chi connectivity index (χ1) is 11.9. The fourth-order valence-electron chi connectivity index (χ4n) is 2.69. The SMILES string of the molecule is CC(=O)Oc1ccc(C2CC(=O)c3c(OC(C)=O)cccc3O2)cc1. The highest BCUT2D eigenvalue weighted by molar-refractivity contribution is 6.03. The molecule has 0 N–H and O–H groups in total. The first-order valence-electron chi connectivity index (χ1n) is 7.73. The van der Waals surface area contributed by atoms with E-state index in [1.807, 2.05) is 0 Å². The van der Waals surface area contributed by atoms with Crippen LogP contribution >= 0.6 is 0 Å². The van der Waals surface area contributed by atoms with Crippen molar-refractivity contribution >= 4 is 17.7 Å². The number of esters is 2. The van der Waals surface area contributed by atoms with Crippen molar-refractivity contribution in [2.24, 2.45) is 0 Å². The highest BCUT2D eigenvalue weighted by Gasteiger charge is 2.30. The molecule has 1 aliphatic heterocycles. The fraction of sp³-hybridized carbons (Fsp3) is 0.211. The molecule has 0 aromatic heterocycles. The number of hydrogen-bond donors (Lipinski definition) is 0. The molecule has 128 valence electrons. The smallest absolute Gasteiger partial charge is 0.308 e. The number of benzene rings is 2. The van der Waals surface area contributed by atoms with Gasteiger partial charge in [0, 0.05) is 13.8 Å². The van der Waals surface area contributed by atoms with E-state index in [0.717, 1.165) is 5.56 Å². The van der Waals surface area contributed by atoms with Gasteiger partial charge in [0.15, 0.2) is 5.78 Å². The van der Waals surface area contributed by atoms with Crippen LogP contribution < -0.4 is 14.2 Å². The Kier molecular flexibility index (Phi) is 4.52. The van der Waals surface area contributed by atoms with Crippen molar-refractivity contribution in [1.29, 1.82) is 0 Å². The lowest BCUT2D eigenvalue weighted by Crippen LogP contribution is -2.21. The lowest BCUT2D eigenvalue weighted by Gasteiger charge is -2.26. The summed E-state index contributed by atoms with van der Waals surface area (Å²) in [5.74, 6) is -0.0426. The minimum Gasteiger partial charge on any atom is -0.484 e. The largest absolute Gasteiger partial charge is 0.484 e. The molecule has 0 amide bonds. The third-order valence-electron chi connectivity index (χ3n) is 3.67. The first kappa shape index (κ1) is 16.7. The van der Waals surface area contributed by atoms with E-state index in [1.54, 1.807) is 42.5 Å². The summed E-state index contributed by atoms with van der Waals surface area (Å²) in [6, 6.07) is 11.7. The van der Waals surface area contributed by atoms with Crippen LogP contribution in [0.15, 0.2) is 42.5 Å². The van der Waals surface area contributed by atoms with Crippen molar-refractivity contribution in [3.05, 3.63) is 53.6 Å². The van der Waals surface area contributed by atoms with Gasteiger partial charge >= 0.3 is 11.9 Å². The van der Waals surface area contributed by atoms with Gasteiger partial charge in [0.25, 0.3) is 0 Å². The van der Waals surface area contributed by atoms with Gasteiger partial charge in [-0.25, -0.2) is 0 Å². The Balaban J connectivity index is 1.85. The second-order valence-corrected chi connectivity index (χ2v) is 5.62. The van der Waals surface area contributed by atoms with Gasteiger partial charge in [-0.2, -0.15) is 0 Å². The number of ketones is 1. The molecule has 1 atom stereocenters. The molecule has 0 fully saturated rings. The Labute approximate surface area is 144 Å². The lowest BCUT2D eigenvalue weighted by atomic mass is 9.95. The molecule has 6 nitrogen and oxygen atoms in total. The number of carbonyl (C=O) groups is 3. The Hall–Kier alpha value is -3.15. The molecule has 3 rings (SSSR count). The summed E-state index contributed by atoms with van der Waals surface area (Å²) in [6.45, 7) is 2.61. The zero-order valence-electron chi connectivity index (χ0n) is 13.8. The van der Waals surface area contributed by atoms with Crippen molar-refractivity contribution in [1.82, 2.24) is 0 Å². The van der Waals surface area contributed by atoms with Crippen LogP contribution in [0, 0.1) is 0 Å². The summed E-state index contributed by atoms with van der Waals surface area (Å²) in [4.78, 5) is 34.7. The molecule has 2 aromatic carbocycles. The van der Waals surface area contributed by atoms with Crippen molar-refractivity contribution in [3.8, 4) is 17.2 Å².